The molecule has 0 aliphatic heterocycles. The zero-order chi connectivity index (χ0) is 25.1. The number of aryl methyl sites for hydroxylation is 2. The van der Waals surface area contributed by atoms with Gasteiger partial charge >= 0.3 is 0 Å². The van der Waals surface area contributed by atoms with Crippen molar-refractivity contribution in [1.29, 1.82) is 0 Å². The summed E-state index contributed by atoms with van der Waals surface area (Å²) in [6.07, 6.45) is 0. The lowest BCUT2D eigenvalue weighted by atomic mass is 9.97. The van der Waals surface area contributed by atoms with Crippen LogP contribution in [0.25, 0.3) is 11.1 Å². The molecule has 0 aliphatic carbocycles. The SMILES string of the molecule is COCCOCCOCCOCCOCCOc1ccc(-c2cc(C)ccc2C)cc1COC=O. The summed E-state index contributed by atoms with van der Waals surface area (Å²) in [6, 6.07) is 12.3. The van der Waals surface area contributed by atoms with Crippen molar-refractivity contribution in [3.8, 4) is 16.9 Å². The summed E-state index contributed by atoms with van der Waals surface area (Å²) < 4.78 is 37.6. The Morgan fingerprint density at radius 2 is 1.31 bits per heavy atom. The van der Waals surface area contributed by atoms with E-state index in [1.807, 2.05) is 18.2 Å². The number of carbonyl (C=O) groups is 1. The van der Waals surface area contributed by atoms with Gasteiger partial charge in [-0.2, -0.15) is 0 Å². The molecular formula is C27H38O8. The third-order valence-electron chi connectivity index (χ3n) is 5.10. The first-order valence-corrected chi connectivity index (χ1v) is 11.8. The van der Waals surface area contributed by atoms with Gasteiger partial charge in [0.25, 0.3) is 6.47 Å². The molecular weight excluding hydrogens is 452 g/mol. The van der Waals surface area contributed by atoms with Crippen LogP contribution in [-0.2, 0) is 39.8 Å². The second-order valence-electron chi connectivity index (χ2n) is 7.84. The number of methoxy groups -OCH3 is 1. The molecule has 0 amide bonds. The smallest absolute Gasteiger partial charge is 0.293 e. The van der Waals surface area contributed by atoms with Crippen LogP contribution in [0.4, 0.5) is 0 Å². The summed E-state index contributed by atoms with van der Waals surface area (Å²) in [5.41, 5.74) is 5.38. The third-order valence-corrected chi connectivity index (χ3v) is 5.10. The van der Waals surface area contributed by atoms with Gasteiger partial charge in [0, 0.05) is 12.7 Å². The van der Waals surface area contributed by atoms with Crippen LogP contribution >= 0.6 is 0 Å². The maximum absolute atomic E-state index is 10.7. The van der Waals surface area contributed by atoms with Crippen LogP contribution in [0.3, 0.4) is 0 Å². The second kappa shape index (κ2) is 17.9. The van der Waals surface area contributed by atoms with Crippen LogP contribution in [-0.4, -0.2) is 79.7 Å². The predicted molar refractivity (Wildman–Crippen MR) is 133 cm³/mol. The van der Waals surface area contributed by atoms with Gasteiger partial charge in [-0.05, 0) is 42.7 Å². The Kier molecular flexibility index (Phi) is 14.7. The van der Waals surface area contributed by atoms with Gasteiger partial charge in [-0.15, -0.1) is 0 Å². The topological polar surface area (TPSA) is 81.7 Å². The fraction of sp³-hybridized carbons (Fsp3) is 0.519. The molecule has 0 fully saturated rings. The minimum Gasteiger partial charge on any atom is -0.491 e. The first-order valence-electron chi connectivity index (χ1n) is 11.8. The van der Waals surface area contributed by atoms with Crippen LogP contribution in [0.1, 0.15) is 16.7 Å². The average molecular weight is 491 g/mol. The number of ether oxygens (including phenoxy) is 7. The minimum absolute atomic E-state index is 0.146. The molecule has 0 aliphatic rings. The van der Waals surface area contributed by atoms with Gasteiger partial charge in [-0.1, -0.05) is 29.8 Å². The van der Waals surface area contributed by atoms with E-state index < -0.39 is 0 Å². The maximum Gasteiger partial charge on any atom is 0.293 e. The van der Waals surface area contributed by atoms with Gasteiger partial charge < -0.3 is 33.2 Å². The Bertz CT molecular complexity index is 855. The fourth-order valence-corrected chi connectivity index (χ4v) is 3.29. The molecule has 2 aromatic carbocycles. The summed E-state index contributed by atoms with van der Waals surface area (Å²) in [5, 5.41) is 0. The van der Waals surface area contributed by atoms with E-state index in [9.17, 15) is 4.79 Å². The van der Waals surface area contributed by atoms with E-state index in [1.165, 1.54) is 11.1 Å². The van der Waals surface area contributed by atoms with E-state index in [0.717, 1.165) is 16.7 Å². The molecule has 0 bridgehead atoms. The van der Waals surface area contributed by atoms with Gasteiger partial charge in [0.2, 0.25) is 0 Å². The zero-order valence-corrected chi connectivity index (χ0v) is 21.1. The van der Waals surface area contributed by atoms with Crippen LogP contribution in [0.5, 0.6) is 5.75 Å². The molecule has 35 heavy (non-hydrogen) atoms. The Morgan fingerprint density at radius 1 is 0.714 bits per heavy atom. The van der Waals surface area contributed by atoms with E-state index in [2.05, 4.69) is 32.0 Å². The van der Waals surface area contributed by atoms with Crippen molar-refractivity contribution in [2.24, 2.45) is 0 Å². The summed E-state index contributed by atoms with van der Waals surface area (Å²) in [4.78, 5) is 10.7. The maximum atomic E-state index is 10.7. The van der Waals surface area contributed by atoms with Crippen molar-refractivity contribution in [2.75, 3.05) is 73.2 Å². The fourth-order valence-electron chi connectivity index (χ4n) is 3.29. The molecule has 0 radical (unpaired) electrons. The van der Waals surface area contributed by atoms with E-state index in [1.54, 1.807) is 7.11 Å². The summed E-state index contributed by atoms with van der Waals surface area (Å²) in [7, 11) is 1.64. The molecule has 0 atom stereocenters. The minimum atomic E-state index is 0.146. The lowest BCUT2D eigenvalue weighted by molar-refractivity contribution is -0.129. The molecule has 2 aromatic rings. The lowest BCUT2D eigenvalue weighted by Crippen LogP contribution is -2.14. The normalized spacial score (nSPS) is 10.9. The van der Waals surface area contributed by atoms with Crippen LogP contribution < -0.4 is 4.74 Å². The molecule has 0 N–H and O–H groups in total. The summed E-state index contributed by atoms with van der Waals surface area (Å²) in [6.45, 7) is 9.75. The van der Waals surface area contributed by atoms with Crippen molar-refractivity contribution in [3.63, 3.8) is 0 Å². The van der Waals surface area contributed by atoms with Crippen LogP contribution in [0.15, 0.2) is 36.4 Å². The number of carbonyl (C=O) groups excluding carboxylic acids is 1. The largest absolute Gasteiger partial charge is 0.491 e. The molecule has 0 heterocycles. The predicted octanol–water partition coefficient (Wildman–Crippen LogP) is 3.74. The van der Waals surface area contributed by atoms with Crippen molar-refractivity contribution in [1.82, 2.24) is 0 Å². The molecule has 0 saturated heterocycles. The highest BCUT2D eigenvalue weighted by Crippen LogP contribution is 2.30. The molecule has 2 rings (SSSR count). The zero-order valence-electron chi connectivity index (χ0n) is 21.1. The van der Waals surface area contributed by atoms with Crippen molar-refractivity contribution in [2.45, 2.75) is 20.5 Å². The van der Waals surface area contributed by atoms with E-state index in [4.69, 9.17) is 33.2 Å². The molecule has 0 spiro atoms. The third kappa shape index (κ3) is 11.7. The van der Waals surface area contributed by atoms with Gasteiger partial charge in [-0.3, -0.25) is 4.79 Å². The molecule has 0 saturated carbocycles. The highest BCUT2D eigenvalue weighted by Gasteiger charge is 2.10. The number of benzene rings is 2. The van der Waals surface area contributed by atoms with Gasteiger partial charge in [-0.25, -0.2) is 0 Å². The second-order valence-corrected chi connectivity index (χ2v) is 7.84. The molecule has 0 unspecified atom stereocenters. The van der Waals surface area contributed by atoms with Gasteiger partial charge in [0.15, 0.2) is 0 Å². The quantitative estimate of drug-likeness (QED) is 0.205. The monoisotopic (exact) mass is 490 g/mol. The standard InChI is InChI=1S/C27H38O8/c1-22-4-5-23(2)26(18-22)24-6-7-27(25(19-24)20-34-21-28)35-17-16-33-15-14-32-13-12-31-11-10-30-9-8-29-3/h4-7,18-19,21H,8-17,20H2,1-3H3. The van der Waals surface area contributed by atoms with Crippen LogP contribution in [0, 0.1) is 13.8 Å². The van der Waals surface area contributed by atoms with Crippen molar-refractivity contribution < 1.29 is 38.0 Å². The Labute approximate surface area is 208 Å². The van der Waals surface area contributed by atoms with E-state index in [-0.39, 0.29) is 6.61 Å². The first-order chi connectivity index (χ1) is 17.2. The number of hydrogen-bond donors (Lipinski definition) is 0. The van der Waals surface area contributed by atoms with Crippen molar-refractivity contribution >= 4 is 6.47 Å². The molecule has 194 valence electrons. The Hall–Kier alpha value is -2.49. The van der Waals surface area contributed by atoms with Gasteiger partial charge in [0.1, 0.15) is 19.0 Å². The molecule has 0 aromatic heterocycles. The summed E-state index contributed by atoms with van der Waals surface area (Å²) in [5.74, 6) is 0.670. The molecule has 8 heteroatoms. The molecule has 8 nitrogen and oxygen atoms in total. The van der Waals surface area contributed by atoms with Gasteiger partial charge in [0.05, 0.1) is 59.5 Å². The number of rotatable bonds is 20. The van der Waals surface area contributed by atoms with E-state index >= 15 is 0 Å². The first kappa shape index (κ1) is 28.7. The van der Waals surface area contributed by atoms with Crippen molar-refractivity contribution in [3.05, 3.63) is 53.1 Å². The average Bonchev–Trinajstić information content (AvgIpc) is 2.87. The highest BCUT2D eigenvalue weighted by molar-refractivity contribution is 5.69. The Balaban J connectivity index is 1.65. The Morgan fingerprint density at radius 3 is 1.91 bits per heavy atom. The highest BCUT2D eigenvalue weighted by atomic mass is 16.6. The number of hydrogen-bond acceptors (Lipinski definition) is 8. The summed E-state index contributed by atoms with van der Waals surface area (Å²) >= 11 is 0. The van der Waals surface area contributed by atoms with E-state index in [0.29, 0.717) is 78.3 Å². The van der Waals surface area contributed by atoms with Crippen LogP contribution in [0.2, 0.25) is 0 Å². The lowest BCUT2D eigenvalue weighted by Gasteiger charge is -2.14.